The van der Waals surface area contributed by atoms with Crippen molar-refractivity contribution in [1.82, 2.24) is 0 Å². The van der Waals surface area contributed by atoms with Gasteiger partial charge in [0, 0.05) is 27.2 Å². The van der Waals surface area contributed by atoms with Crippen molar-refractivity contribution in [2.24, 2.45) is 0 Å². The van der Waals surface area contributed by atoms with E-state index in [0.717, 1.165) is 13.5 Å². The van der Waals surface area contributed by atoms with Crippen LogP contribution in [0.3, 0.4) is 0 Å². The van der Waals surface area contributed by atoms with Gasteiger partial charge in [-0.1, -0.05) is 25.0 Å². The minimum atomic E-state index is 0. The standard InChI is InChI=1S/C8H11.CH4O.Ir/c1-2-4-6-8-7-5-3-1;1-2;/h1-2,7H,3-6H2;2H,1H3;/q-1;;. The van der Waals surface area contributed by atoms with Crippen molar-refractivity contribution < 1.29 is 25.2 Å². The van der Waals surface area contributed by atoms with Gasteiger partial charge in [-0.15, -0.1) is 0 Å². The molecule has 11 heavy (non-hydrogen) atoms. The molecular formula is C9H15IrO-. The summed E-state index contributed by atoms with van der Waals surface area (Å²) in [5, 5.41) is 7.00. The zero-order chi connectivity index (χ0) is 7.66. The van der Waals surface area contributed by atoms with Gasteiger partial charge in [-0.2, -0.15) is 6.42 Å². The quantitative estimate of drug-likeness (QED) is 0.532. The Morgan fingerprint density at radius 2 is 1.73 bits per heavy atom. The average molecular weight is 331 g/mol. The van der Waals surface area contributed by atoms with E-state index in [-0.39, 0.29) is 20.1 Å². The van der Waals surface area contributed by atoms with Crippen LogP contribution in [0.5, 0.6) is 0 Å². The van der Waals surface area contributed by atoms with Gasteiger partial charge in [-0.25, -0.2) is 0 Å². The van der Waals surface area contributed by atoms with Crippen LogP contribution in [0.1, 0.15) is 25.7 Å². The summed E-state index contributed by atoms with van der Waals surface area (Å²) in [7, 11) is 1.00. The number of hydrogen-bond donors (Lipinski definition) is 1. The number of allylic oxidation sites excluding steroid dienone is 4. The first-order chi connectivity index (χ1) is 5.00. The summed E-state index contributed by atoms with van der Waals surface area (Å²) < 4.78 is 0. The molecule has 0 aromatic carbocycles. The normalized spacial score (nSPS) is 15.1. The van der Waals surface area contributed by atoms with Crippen LogP contribution in [-0.4, -0.2) is 12.2 Å². The number of hydrogen-bond acceptors (Lipinski definition) is 1. The maximum Gasteiger partial charge on any atom is 0.0319 e. The second kappa shape index (κ2) is 12.7. The molecule has 0 amide bonds. The fraction of sp³-hybridized carbons (Fsp3) is 0.556. The van der Waals surface area contributed by atoms with E-state index in [4.69, 9.17) is 5.11 Å². The molecule has 1 radical (unpaired) electrons. The molecule has 0 aromatic heterocycles. The van der Waals surface area contributed by atoms with E-state index in [1.807, 2.05) is 0 Å². The smallest absolute Gasteiger partial charge is 0.0319 e. The van der Waals surface area contributed by atoms with Gasteiger partial charge in [0.1, 0.15) is 0 Å². The Morgan fingerprint density at radius 1 is 1.09 bits per heavy atom. The zero-order valence-corrected chi connectivity index (χ0v) is 9.24. The third-order valence-corrected chi connectivity index (χ3v) is 1.24. The van der Waals surface area contributed by atoms with Crippen LogP contribution in [0.2, 0.25) is 0 Å². The van der Waals surface area contributed by atoms with Crippen molar-refractivity contribution in [2.75, 3.05) is 7.11 Å². The minimum absolute atomic E-state index is 0. The van der Waals surface area contributed by atoms with E-state index in [9.17, 15) is 0 Å². The molecule has 1 aliphatic carbocycles. The Morgan fingerprint density at radius 3 is 2.45 bits per heavy atom. The Kier molecular flexibility index (Phi) is 15.8. The van der Waals surface area contributed by atoms with Crippen LogP contribution in [0.4, 0.5) is 0 Å². The van der Waals surface area contributed by atoms with E-state index < -0.39 is 0 Å². The summed E-state index contributed by atoms with van der Waals surface area (Å²) in [5.41, 5.74) is 0. The summed E-state index contributed by atoms with van der Waals surface area (Å²) in [6.45, 7) is 0. The van der Waals surface area contributed by atoms with Gasteiger partial charge >= 0.3 is 0 Å². The van der Waals surface area contributed by atoms with Gasteiger partial charge in [-0.3, -0.25) is 6.08 Å². The van der Waals surface area contributed by atoms with E-state index in [1.54, 1.807) is 0 Å². The maximum atomic E-state index is 7.00. The van der Waals surface area contributed by atoms with Gasteiger partial charge in [0.2, 0.25) is 0 Å². The van der Waals surface area contributed by atoms with E-state index in [2.05, 4.69) is 24.3 Å². The summed E-state index contributed by atoms with van der Waals surface area (Å²) in [6.07, 6.45) is 14.5. The molecule has 0 bridgehead atoms. The first-order valence-corrected chi connectivity index (χ1v) is 3.65. The second-order valence-electron chi connectivity index (χ2n) is 2.00. The molecule has 0 atom stereocenters. The Bertz CT molecular complexity index is 82.1. The zero-order valence-electron chi connectivity index (χ0n) is 6.84. The van der Waals surface area contributed by atoms with Crippen molar-refractivity contribution in [3.8, 4) is 0 Å². The molecule has 2 heteroatoms. The van der Waals surface area contributed by atoms with E-state index in [0.29, 0.717) is 0 Å². The molecule has 0 fully saturated rings. The monoisotopic (exact) mass is 332 g/mol. The molecule has 0 saturated heterocycles. The Balaban J connectivity index is 0. The first-order valence-electron chi connectivity index (χ1n) is 3.65. The largest absolute Gasteiger partial charge is 0.500 e. The van der Waals surface area contributed by atoms with Crippen LogP contribution < -0.4 is 0 Å². The number of aliphatic hydroxyl groups excluding tert-OH is 1. The molecule has 1 rings (SSSR count). The Hall–Kier alpha value is 0.0894. The van der Waals surface area contributed by atoms with Crippen molar-refractivity contribution in [3.05, 3.63) is 24.3 Å². The molecule has 1 aliphatic rings. The van der Waals surface area contributed by atoms with E-state index in [1.165, 1.54) is 19.3 Å². The molecule has 1 N–H and O–H groups in total. The summed E-state index contributed by atoms with van der Waals surface area (Å²) in [5.74, 6) is 0. The van der Waals surface area contributed by atoms with Crippen LogP contribution in [0, 0.1) is 6.08 Å². The summed E-state index contributed by atoms with van der Waals surface area (Å²) >= 11 is 0. The van der Waals surface area contributed by atoms with Crippen molar-refractivity contribution in [1.29, 1.82) is 0 Å². The molecular weight excluding hydrogens is 316 g/mol. The minimum Gasteiger partial charge on any atom is -0.500 e. The first kappa shape index (κ1) is 13.7. The summed E-state index contributed by atoms with van der Waals surface area (Å²) in [6, 6.07) is 0. The van der Waals surface area contributed by atoms with Crippen LogP contribution in [0.25, 0.3) is 0 Å². The van der Waals surface area contributed by atoms with Crippen LogP contribution in [-0.2, 0) is 20.1 Å². The average Bonchev–Trinajstić information content (AvgIpc) is 1.90. The molecule has 0 saturated carbocycles. The van der Waals surface area contributed by atoms with Crippen molar-refractivity contribution in [2.45, 2.75) is 25.7 Å². The van der Waals surface area contributed by atoms with Gasteiger partial charge in [0.15, 0.2) is 0 Å². The molecule has 0 aliphatic heterocycles. The van der Waals surface area contributed by atoms with Gasteiger partial charge in [0.05, 0.1) is 0 Å². The van der Waals surface area contributed by atoms with Gasteiger partial charge in [0.25, 0.3) is 0 Å². The van der Waals surface area contributed by atoms with Crippen LogP contribution in [0.15, 0.2) is 18.2 Å². The Labute approximate surface area is 82.6 Å². The fourth-order valence-corrected chi connectivity index (χ4v) is 0.786. The summed E-state index contributed by atoms with van der Waals surface area (Å²) in [4.78, 5) is 0. The maximum absolute atomic E-state index is 7.00. The molecule has 67 valence electrons. The van der Waals surface area contributed by atoms with Gasteiger partial charge in [-0.05, 0) is 6.42 Å². The second-order valence-corrected chi connectivity index (χ2v) is 2.00. The van der Waals surface area contributed by atoms with Gasteiger partial charge < -0.3 is 11.2 Å². The third kappa shape index (κ3) is 10.1. The molecule has 0 aromatic rings. The van der Waals surface area contributed by atoms with E-state index >= 15 is 0 Å². The number of aliphatic hydroxyl groups is 1. The molecule has 1 nitrogen and oxygen atoms in total. The van der Waals surface area contributed by atoms with Crippen molar-refractivity contribution in [3.63, 3.8) is 0 Å². The molecule has 0 heterocycles. The third-order valence-electron chi connectivity index (χ3n) is 1.24. The number of rotatable bonds is 0. The van der Waals surface area contributed by atoms with Crippen LogP contribution >= 0.6 is 0 Å². The predicted molar refractivity (Wildman–Crippen MR) is 43.6 cm³/mol. The predicted octanol–water partition coefficient (Wildman–Crippen LogP) is 2.08. The molecule has 0 unspecified atom stereocenters. The molecule has 0 spiro atoms. The van der Waals surface area contributed by atoms with Crippen molar-refractivity contribution >= 4 is 0 Å². The fourth-order valence-electron chi connectivity index (χ4n) is 0.786. The SMILES string of the molecule is CO.[C-]1=CCCC=CCC1.[Ir]. The topological polar surface area (TPSA) is 20.2 Å².